The smallest absolute Gasteiger partial charge is 0.239 e. The molecule has 2 amide bonds. The highest BCUT2D eigenvalue weighted by Gasteiger charge is 2.11. The quantitative estimate of drug-likeness (QED) is 0.634. The molecule has 0 aliphatic rings. The second-order valence-corrected chi connectivity index (χ2v) is 3.03. The maximum absolute atomic E-state index is 11.1. The van der Waals surface area contributed by atoms with Crippen LogP contribution in [0.4, 0.5) is 0 Å². The molecular weight excluding hydrogens is 184 g/mol. The zero-order valence-corrected chi connectivity index (χ0v) is 8.72. The zero-order valence-electron chi connectivity index (χ0n) is 8.72. The molecule has 0 bridgehead atoms. The lowest BCUT2D eigenvalue weighted by Gasteiger charge is -2.10. The van der Waals surface area contributed by atoms with Crippen LogP contribution in [0.2, 0.25) is 0 Å². The number of Topliss-reactive ketones (excluding diaryl/α,β-unsaturated/α-hetero) is 1. The Morgan fingerprint density at radius 3 is 2.21 bits per heavy atom. The van der Waals surface area contributed by atoms with Gasteiger partial charge in [0.2, 0.25) is 11.8 Å². The van der Waals surface area contributed by atoms with E-state index in [9.17, 15) is 14.4 Å². The predicted molar refractivity (Wildman–Crippen MR) is 51.6 cm³/mol. The molecule has 80 valence electrons. The van der Waals surface area contributed by atoms with Crippen molar-refractivity contribution in [3.63, 3.8) is 0 Å². The number of carbonyl (C=O) groups excluding carboxylic acids is 3. The number of hydrogen-bond donors (Lipinski definition) is 2. The summed E-state index contributed by atoms with van der Waals surface area (Å²) in [4.78, 5) is 32.6. The molecular formula is C9H16N2O3. The van der Waals surface area contributed by atoms with Crippen molar-refractivity contribution >= 4 is 17.6 Å². The van der Waals surface area contributed by atoms with E-state index in [0.29, 0.717) is 6.42 Å². The van der Waals surface area contributed by atoms with Crippen LogP contribution in [-0.2, 0) is 14.4 Å². The van der Waals surface area contributed by atoms with Gasteiger partial charge in [-0.2, -0.15) is 0 Å². The first kappa shape index (κ1) is 12.6. The van der Waals surface area contributed by atoms with Crippen molar-refractivity contribution in [2.24, 2.45) is 0 Å². The average molecular weight is 200 g/mol. The fraction of sp³-hybridized carbons (Fsp3) is 0.667. The molecule has 0 aromatic carbocycles. The predicted octanol–water partition coefficient (Wildman–Crippen LogP) is -0.394. The summed E-state index contributed by atoms with van der Waals surface area (Å²) in [6.45, 7) is 4.62. The van der Waals surface area contributed by atoms with E-state index < -0.39 is 6.04 Å². The van der Waals surface area contributed by atoms with Crippen LogP contribution in [0.25, 0.3) is 0 Å². The molecule has 0 rings (SSSR count). The second kappa shape index (κ2) is 6.12. The van der Waals surface area contributed by atoms with Crippen LogP contribution in [0.15, 0.2) is 0 Å². The molecule has 0 aliphatic heterocycles. The molecule has 0 heterocycles. The minimum Gasteiger partial charge on any atom is -0.347 e. The highest BCUT2D eigenvalue weighted by atomic mass is 16.2. The van der Waals surface area contributed by atoms with Gasteiger partial charge in [-0.15, -0.1) is 0 Å². The van der Waals surface area contributed by atoms with Gasteiger partial charge in [0.15, 0.2) is 5.78 Å². The zero-order chi connectivity index (χ0) is 11.1. The molecule has 0 fully saturated rings. The van der Waals surface area contributed by atoms with Gasteiger partial charge in [-0.05, 0) is 13.8 Å². The SMILES string of the molecule is CCC(=O)NCC(=O)N[C@@H](C)C(C)=O. The normalized spacial score (nSPS) is 11.6. The largest absolute Gasteiger partial charge is 0.347 e. The van der Waals surface area contributed by atoms with E-state index in [-0.39, 0.29) is 24.1 Å². The van der Waals surface area contributed by atoms with Gasteiger partial charge in [-0.1, -0.05) is 6.92 Å². The summed E-state index contributed by atoms with van der Waals surface area (Å²) in [5, 5.41) is 4.87. The van der Waals surface area contributed by atoms with Crippen molar-refractivity contribution in [2.75, 3.05) is 6.54 Å². The van der Waals surface area contributed by atoms with Gasteiger partial charge in [-0.3, -0.25) is 14.4 Å². The maximum Gasteiger partial charge on any atom is 0.239 e. The van der Waals surface area contributed by atoms with Crippen molar-refractivity contribution in [3.8, 4) is 0 Å². The molecule has 0 saturated heterocycles. The molecule has 5 heteroatoms. The van der Waals surface area contributed by atoms with Crippen molar-refractivity contribution in [1.82, 2.24) is 10.6 Å². The van der Waals surface area contributed by atoms with E-state index in [1.165, 1.54) is 6.92 Å². The summed E-state index contributed by atoms with van der Waals surface area (Å²) < 4.78 is 0. The Bertz CT molecular complexity index is 238. The summed E-state index contributed by atoms with van der Waals surface area (Å²) in [7, 11) is 0. The summed E-state index contributed by atoms with van der Waals surface area (Å²) in [5.41, 5.74) is 0. The van der Waals surface area contributed by atoms with Crippen LogP contribution >= 0.6 is 0 Å². The van der Waals surface area contributed by atoms with Gasteiger partial charge < -0.3 is 10.6 Å². The molecule has 0 unspecified atom stereocenters. The van der Waals surface area contributed by atoms with E-state index in [1.807, 2.05) is 0 Å². The second-order valence-electron chi connectivity index (χ2n) is 3.03. The van der Waals surface area contributed by atoms with Crippen molar-refractivity contribution < 1.29 is 14.4 Å². The van der Waals surface area contributed by atoms with Crippen LogP contribution in [0.3, 0.4) is 0 Å². The number of amides is 2. The van der Waals surface area contributed by atoms with Crippen LogP contribution in [0.1, 0.15) is 27.2 Å². The standard InChI is InChI=1S/C9H16N2O3/c1-4-8(13)10-5-9(14)11-6(2)7(3)12/h6H,4-5H2,1-3H3,(H,10,13)(H,11,14)/t6-/m0/s1. The van der Waals surface area contributed by atoms with E-state index >= 15 is 0 Å². The maximum atomic E-state index is 11.1. The lowest BCUT2D eigenvalue weighted by Crippen LogP contribution is -2.43. The summed E-state index contributed by atoms with van der Waals surface area (Å²) in [6.07, 6.45) is 0.343. The Labute approximate surface area is 83.2 Å². The topological polar surface area (TPSA) is 75.3 Å². The lowest BCUT2D eigenvalue weighted by atomic mass is 10.2. The van der Waals surface area contributed by atoms with Crippen LogP contribution in [-0.4, -0.2) is 30.2 Å². The fourth-order valence-corrected chi connectivity index (χ4v) is 0.698. The van der Waals surface area contributed by atoms with E-state index in [4.69, 9.17) is 0 Å². The van der Waals surface area contributed by atoms with Crippen molar-refractivity contribution in [2.45, 2.75) is 33.2 Å². The van der Waals surface area contributed by atoms with Crippen LogP contribution < -0.4 is 10.6 Å². The molecule has 5 nitrogen and oxygen atoms in total. The molecule has 0 radical (unpaired) electrons. The molecule has 0 saturated carbocycles. The first-order valence-electron chi connectivity index (χ1n) is 4.53. The van der Waals surface area contributed by atoms with Gasteiger partial charge in [0.25, 0.3) is 0 Å². The molecule has 14 heavy (non-hydrogen) atoms. The summed E-state index contributed by atoms with van der Waals surface area (Å²) >= 11 is 0. The Hall–Kier alpha value is -1.39. The van der Waals surface area contributed by atoms with Crippen LogP contribution in [0.5, 0.6) is 0 Å². The number of nitrogens with one attached hydrogen (secondary N) is 2. The Morgan fingerprint density at radius 2 is 1.79 bits per heavy atom. The summed E-state index contributed by atoms with van der Waals surface area (Å²) in [6, 6.07) is -0.499. The molecule has 0 spiro atoms. The highest BCUT2D eigenvalue weighted by Crippen LogP contribution is 1.83. The third kappa shape index (κ3) is 5.29. The van der Waals surface area contributed by atoms with E-state index in [1.54, 1.807) is 13.8 Å². The van der Waals surface area contributed by atoms with Crippen molar-refractivity contribution in [1.29, 1.82) is 0 Å². The molecule has 0 aromatic rings. The molecule has 0 aromatic heterocycles. The first-order valence-corrected chi connectivity index (χ1v) is 4.53. The van der Waals surface area contributed by atoms with Gasteiger partial charge in [0.1, 0.15) is 0 Å². The number of hydrogen-bond acceptors (Lipinski definition) is 3. The third-order valence-corrected chi connectivity index (χ3v) is 1.75. The minimum atomic E-state index is -0.499. The molecule has 0 aliphatic carbocycles. The Balaban J connectivity index is 3.76. The van der Waals surface area contributed by atoms with E-state index in [2.05, 4.69) is 10.6 Å². The van der Waals surface area contributed by atoms with Gasteiger partial charge in [-0.25, -0.2) is 0 Å². The van der Waals surface area contributed by atoms with E-state index in [0.717, 1.165) is 0 Å². The number of rotatable bonds is 5. The Morgan fingerprint density at radius 1 is 1.21 bits per heavy atom. The number of carbonyl (C=O) groups is 3. The van der Waals surface area contributed by atoms with Gasteiger partial charge in [0, 0.05) is 6.42 Å². The number of ketones is 1. The fourth-order valence-electron chi connectivity index (χ4n) is 0.698. The van der Waals surface area contributed by atoms with Gasteiger partial charge >= 0.3 is 0 Å². The third-order valence-electron chi connectivity index (χ3n) is 1.75. The average Bonchev–Trinajstić information content (AvgIpc) is 2.13. The minimum absolute atomic E-state index is 0.0791. The first-order chi connectivity index (χ1) is 6.47. The summed E-state index contributed by atoms with van der Waals surface area (Å²) in [5.74, 6) is -0.648. The molecule has 1 atom stereocenters. The van der Waals surface area contributed by atoms with Gasteiger partial charge in [0.05, 0.1) is 12.6 Å². The Kier molecular flexibility index (Phi) is 5.52. The van der Waals surface area contributed by atoms with Crippen LogP contribution in [0, 0.1) is 0 Å². The lowest BCUT2D eigenvalue weighted by molar-refractivity contribution is -0.128. The molecule has 2 N–H and O–H groups in total. The van der Waals surface area contributed by atoms with Crippen molar-refractivity contribution in [3.05, 3.63) is 0 Å². The monoisotopic (exact) mass is 200 g/mol. The highest BCUT2D eigenvalue weighted by molar-refractivity contribution is 5.89.